The first-order valence-electron chi connectivity index (χ1n) is 5.88. The average Bonchev–Trinajstić information content (AvgIpc) is 2.72. The van der Waals surface area contributed by atoms with Crippen molar-refractivity contribution in [3.8, 4) is 0 Å². The maximum atomic E-state index is 4.45. The summed E-state index contributed by atoms with van der Waals surface area (Å²) in [5.41, 5.74) is 0. The van der Waals surface area contributed by atoms with Crippen LogP contribution in [0, 0.1) is 5.92 Å². The molecule has 0 atom stereocenters. The Morgan fingerprint density at radius 2 is 2.19 bits per heavy atom. The number of anilines is 1. The molecule has 1 heterocycles. The van der Waals surface area contributed by atoms with Gasteiger partial charge in [0.25, 0.3) is 0 Å². The zero-order valence-corrected chi connectivity index (χ0v) is 11.5. The Balaban J connectivity index is 2.26. The fraction of sp³-hybridized carbons (Fsp3) is 0.818. The molecule has 4 nitrogen and oxygen atoms in total. The van der Waals surface area contributed by atoms with E-state index in [1.807, 2.05) is 0 Å². The third kappa shape index (κ3) is 4.45. The van der Waals surface area contributed by atoms with Crippen molar-refractivity contribution in [3.05, 3.63) is 5.82 Å². The fourth-order valence-corrected chi connectivity index (χ4v) is 2.01. The summed E-state index contributed by atoms with van der Waals surface area (Å²) in [6.07, 6.45) is 0.913. The Labute approximate surface area is 102 Å². The molecule has 5 heteroatoms. The van der Waals surface area contributed by atoms with Gasteiger partial charge in [0.15, 0.2) is 0 Å². The van der Waals surface area contributed by atoms with E-state index in [0.717, 1.165) is 37.0 Å². The van der Waals surface area contributed by atoms with E-state index in [4.69, 9.17) is 0 Å². The highest BCUT2D eigenvalue weighted by atomic mass is 32.1. The lowest BCUT2D eigenvalue weighted by Crippen LogP contribution is -2.31. The maximum Gasteiger partial charge on any atom is 0.204 e. The van der Waals surface area contributed by atoms with Crippen molar-refractivity contribution >= 4 is 16.7 Å². The van der Waals surface area contributed by atoms with Gasteiger partial charge in [0.2, 0.25) is 5.13 Å². The van der Waals surface area contributed by atoms with E-state index >= 15 is 0 Å². The molecule has 1 aromatic rings. The smallest absolute Gasteiger partial charge is 0.204 e. The summed E-state index contributed by atoms with van der Waals surface area (Å²) in [5.74, 6) is 1.65. The fourth-order valence-electron chi connectivity index (χ4n) is 1.28. The summed E-state index contributed by atoms with van der Waals surface area (Å²) >= 11 is 1.48. The van der Waals surface area contributed by atoms with Crippen LogP contribution in [0.15, 0.2) is 0 Å². The lowest BCUT2D eigenvalue weighted by atomic mass is 10.2. The minimum Gasteiger partial charge on any atom is -0.349 e. The first kappa shape index (κ1) is 13.4. The Morgan fingerprint density at radius 3 is 2.75 bits per heavy atom. The van der Waals surface area contributed by atoms with Crippen LogP contribution in [0.1, 0.15) is 26.6 Å². The predicted octanol–water partition coefficient (Wildman–Crippen LogP) is 1.78. The van der Waals surface area contributed by atoms with Crippen LogP contribution >= 0.6 is 11.5 Å². The van der Waals surface area contributed by atoms with Gasteiger partial charge in [-0.15, -0.1) is 0 Å². The molecule has 0 bridgehead atoms. The lowest BCUT2D eigenvalue weighted by molar-refractivity contribution is 0.554. The van der Waals surface area contributed by atoms with Gasteiger partial charge < -0.3 is 10.2 Å². The van der Waals surface area contributed by atoms with Crippen LogP contribution in [0.2, 0.25) is 0 Å². The molecule has 0 radical (unpaired) electrons. The standard InChI is InChI=1S/C11H22N4S/c1-5-10-13-11(16-14-10)15(4)7-6-12-8-9(2)3/h9,12H,5-8H2,1-4H3. The van der Waals surface area contributed by atoms with Gasteiger partial charge in [-0.05, 0) is 12.5 Å². The van der Waals surface area contributed by atoms with Gasteiger partial charge >= 0.3 is 0 Å². The van der Waals surface area contributed by atoms with E-state index in [2.05, 4.69) is 47.4 Å². The van der Waals surface area contributed by atoms with Crippen LogP contribution in [0.3, 0.4) is 0 Å². The Bertz CT molecular complexity index is 298. The van der Waals surface area contributed by atoms with Crippen molar-refractivity contribution in [1.82, 2.24) is 14.7 Å². The average molecular weight is 242 g/mol. The third-order valence-corrected chi connectivity index (χ3v) is 3.15. The number of nitrogens with zero attached hydrogens (tertiary/aromatic N) is 3. The minimum absolute atomic E-state index is 0.707. The summed E-state index contributed by atoms with van der Waals surface area (Å²) in [4.78, 5) is 6.60. The zero-order chi connectivity index (χ0) is 12.0. The molecule has 0 spiro atoms. The van der Waals surface area contributed by atoms with E-state index in [1.165, 1.54) is 11.5 Å². The highest BCUT2D eigenvalue weighted by Crippen LogP contribution is 2.15. The van der Waals surface area contributed by atoms with Gasteiger partial charge in [-0.25, -0.2) is 4.98 Å². The van der Waals surface area contributed by atoms with Crippen molar-refractivity contribution in [2.24, 2.45) is 5.92 Å². The Morgan fingerprint density at radius 1 is 1.44 bits per heavy atom. The first-order chi connectivity index (χ1) is 7.63. The molecule has 0 unspecified atom stereocenters. The molecule has 0 aromatic carbocycles. The maximum absolute atomic E-state index is 4.45. The second-order valence-corrected chi connectivity index (χ2v) is 5.10. The highest BCUT2D eigenvalue weighted by Gasteiger charge is 2.06. The molecule has 1 N–H and O–H groups in total. The molecule has 92 valence electrons. The molecule has 0 aliphatic rings. The molecule has 1 rings (SSSR count). The monoisotopic (exact) mass is 242 g/mol. The number of likely N-dealkylation sites (N-methyl/N-ethyl adjacent to an activating group) is 1. The Hall–Kier alpha value is -0.680. The van der Waals surface area contributed by atoms with Gasteiger partial charge in [0.1, 0.15) is 5.82 Å². The van der Waals surface area contributed by atoms with Crippen LogP contribution in [-0.2, 0) is 6.42 Å². The second kappa shape index (κ2) is 6.81. The highest BCUT2D eigenvalue weighted by molar-refractivity contribution is 7.09. The molecule has 1 aromatic heterocycles. The van der Waals surface area contributed by atoms with E-state index in [-0.39, 0.29) is 0 Å². The van der Waals surface area contributed by atoms with Gasteiger partial charge in [0, 0.05) is 38.1 Å². The number of rotatable bonds is 7. The van der Waals surface area contributed by atoms with Gasteiger partial charge in [-0.2, -0.15) is 4.37 Å². The molecular weight excluding hydrogens is 220 g/mol. The second-order valence-electron chi connectivity index (χ2n) is 4.37. The van der Waals surface area contributed by atoms with Crippen LogP contribution in [0.5, 0.6) is 0 Å². The van der Waals surface area contributed by atoms with Crippen LogP contribution in [-0.4, -0.2) is 36.0 Å². The van der Waals surface area contributed by atoms with Crippen molar-refractivity contribution in [2.45, 2.75) is 27.2 Å². The molecule has 0 fully saturated rings. The van der Waals surface area contributed by atoms with Crippen LogP contribution in [0.25, 0.3) is 0 Å². The molecule has 0 saturated heterocycles. The van der Waals surface area contributed by atoms with Crippen molar-refractivity contribution < 1.29 is 0 Å². The summed E-state index contributed by atoms with van der Waals surface area (Å²) < 4.78 is 4.28. The van der Waals surface area contributed by atoms with E-state index in [0.29, 0.717) is 5.92 Å². The lowest BCUT2D eigenvalue weighted by Gasteiger charge is -2.15. The molecule has 0 amide bonds. The number of hydrogen-bond acceptors (Lipinski definition) is 5. The number of nitrogens with one attached hydrogen (secondary N) is 1. The largest absolute Gasteiger partial charge is 0.349 e. The van der Waals surface area contributed by atoms with E-state index in [1.54, 1.807) is 0 Å². The zero-order valence-electron chi connectivity index (χ0n) is 10.7. The first-order valence-corrected chi connectivity index (χ1v) is 6.65. The van der Waals surface area contributed by atoms with E-state index < -0.39 is 0 Å². The number of hydrogen-bond donors (Lipinski definition) is 1. The summed E-state index contributed by atoms with van der Waals surface area (Å²) in [7, 11) is 2.07. The topological polar surface area (TPSA) is 41.1 Å². The van der Waals surface area contributed by atoms with Crippen LogP contribution < -0.4 is 10.2 Å². The third-order valence-electron chi connectivity index (χ3n) is 2.28. The summed E-state index contributed by atoms with van der Waals surface area (Å²) in [6.45, 7) is 9.56. The van der Waals surface area contributed by atoms with Crippen molar-refractivity contribution in [1.29, 1.82) is 0 Å². The number of aryl methyl sites for hydroxylation is 1. The van der Waals surface area contributed by atoms with Crippen molar-refractivity contribution in [2.75, 3.05) is 31.6 Å². The van der Waals surface area contributed by atoms with E-state index in [9.17, 15) is 0 Å². The minimum atomic E-state index is 0.707. The molecule has 0 aliphatic carbocycles. The van der Waals surface area contributed by atoms with Gasteiger partial charge in [-0.1, -0.05) is 20.8 Å². The van der Waals surface area contributed by atoms with Gasteiger partial charge in [0.05, 0.1) is 0 Å². The normalized spacial score (nSPS) is 11.1. The summed E-state index contributed by atoms with van der Waals surface area (Å²) in [6, 6.07) is 0. The SMILES string of the molecule is CCc1nsc(N(C)CCNCC(C)C)n1. The van der Waals surface area contributed by atoms with Crippen LogP contribution in [0.4, 0.5) is 5.13 Å². The molecular formula is C11H22N4S. The quantitative estimate of drug-likeness (QED) is 0.740. The van der Waals surface area contributed by atoms with Crippen molar-refractivity contribution in [3.63, 3.8) is 0 Å². The molecule has 0 aliphatic heterocycles. The summed E-state index contributed by atoms with van der Waals surface area (Å²) in [5, 5.41) is 4.44. The van der Waals surface area contributed by atoms with Gasteiger partial charge in [-0.3, -0.25) is 0 Å². The number of aromatic nitrogens is 2. The molecule has 0 saturated carbocycles. The Kier molecular flexibility index (Phi) is 5.69. The predicted molar refractivity (Wildman–Crippen MR) is 70.3 cm³/mol. The molecule has 16 heavy (non-hydrogen) atoms.